The fraction of sp³-hybridized carbons (Fsp3) is 0.235. The highest BCUT2D eigenvalue weighted by atomic mass is 32.2. The Morgan fingerprint density at radius 2 is 1.43 bits per heavy atom. The van der Waals surface area contributed by atoms with Crippen LogP contribution in [0.3, 0.4) is 0 Å². The third-order valence-corrected chi connectivity index (χ3v) is 3.84. The molecule has 2 aromatic carbocycles. The highest BCUT2D eigenvalue weighted by Gasteiger charge is 2.08. The number of carboxylic acids is 1. The fourth-order valence-corrected chi connectivity index (χ4v) is 2.42. The second kappa shape index (κ2) is 8.45. The minimum absolute atomic E-state index is 0.552. The maximum Gasteiger partial charge on any atom is 0.320 e. The van der Waals surface area contributed by atoms with E-state index in [1.165, 1.54) is 0 Å². The summed E-state index contributed by atoms with van der Waals surface area (Å²) >= 11 is 1.60. The van der Waals surface area contributed by atoms with Crippen LogP contribution in [0.15, 0.2) is 48.5 Å². The predicted octanol–water partition coefficient (Wildman–Crippen LogP) is 2.93. The Morgan fingerprint density at radius 3 is 1.74 bits per heavy atom. The summed E-state index contributed by atoms with van der Waals surface area (Å²) in [7, 11) is 0. The van der Waals surface area contributed by atoms with E-state index < -0.39 is 12.0 Å². The van der Waals surface area contributed by atoms with Gasteiger partial charge in [0.05, 0.1) is 22.1 Å². The fourth-order valence-electron chi connectivity index (χ4n) is 1.93. The van der Waals surface area contributed by atoms with Crippen LogP contribution >= 0.6 is 11.8 Å². The van der Waals surface area contributed by atoms with Gasteiger partial charge in [-0.1, -0.05) is 24.3 Å². The van der Waals surface area contributed by atoms with E-state index in [1.807, 2.05) is 54.8 Å². The van der Waals surface area contributed by atoms with Gasteiger partial charge in [0.2, 0.25) is 0 Å². The van der Waals surface area contributed by atoms with Crippen LogP contribution in [0.2, 0.25) is 0 Å². The summed E-state index contributed by atoms with van der Waals surface area (Å²) in [5.74, 6) is -0.1000. The van der Waals surface area contributed by atoms with Gasteiger partial charge >= 0.3 is 5.97 Å². The molecular weight excluding hydrogens is 310 g/mol. The summed E-state index contributed by atoms with van der Waals surface area (Å²) in [5, 5.41) is 8.27. The second-order valence-corrected chi connectivity index (χ2v) is 5.91. The SMILES string of the molecule is CSCCC(N)C(=O)O.c1ccc2nc3ccccc3nc2c1. The molecule has 0 radical (unpaired) electrons. The van der Waals surface area contributed by atoms with Crippen molar-refractivity contribution in [1.29, 1.82) is 0 Å². The Kier molecular flexibility index (Phi) is 6.31. The van der Waals surface area contributed by atoms with Crippen LogP contribution in [-0.2, 0) is 4.79 Å². The van der Waals surface area contributed by atoms with Gasteiger partial charge in [-0.25, -0.2) is 9.97 Å². The minimum Gasteiger partial charge on any atom is -0.480 e. The number of carboxylic acid groups (broad SMARTS) is 1. The number of aliphatic carboxylic acids is 1. The summed E-state index contributed by atoms with van der Waals surface area (Å²) in [6, 6.07) is 15.2. The minimum atomic E-state index is -0.913. The Morgan fingerprint density at radius 1 is 1.04 bits per heavy atom. The lowest BCUT2D eigenvalue weighted by Crippen LogP contribution is -2.30. The quantitative estimate of drug-likeness (QED) is 0.715. The first-order chi connectivity index (χ1) is 11.1. The first-order valence-corrected chi connectivity index (χ1v) is 8.60. The molecule has 3 aromatic rings. The molecule has 0 aliphatic carbocycles. The molecule has 0 saturated carbocycles. The van der Waals surface area contributed by atoms with Crippen LogP contribution in [0.25, 0.3) is 22.1 Å². The van der Waals surface area contributed by atoms with E-state index in [4.69, 9.17) is 10.8 Å². The molecule has 0 fully saturated rings. The average molecular weight is 329 g/mol. The van der Waals surface area contributed by atoms with Crippen molar-refractivity contribution in [2.75, 3.05) is 12.0 Å². The van der Waals surface area contributed by atoms with E-state index >= 15 is 0 Å². The molecule has 3 rings (SSSR count). The smallest absolute Gasteiger partial charge is 0.320 e. The van der Waals surface area contributed by atoms with Crippen molar-refractivity contribution in [2.45, 2.75) is 12.5 Å². The predicted molar refractivity (Wildman–Crippen MR) is 95.7 cm³/mol. The van der Waals surface area contributed by atoms with Crippen LogP contribution in [0.5, 0.6) is 0 Å². The molecule has 1 atom stereocenters. The lowest BCUT2D eigenvalue weighted by atomic mass is 10.2. The maximum absolute atomic E-state index is 10.1. The molecule has 0 aliphatic rings. The standard InChI is InChI=1S/C12H8N2.C5H11NO2S/c1-2-6-10-9(5-1)13-11-7-3-4-8-12(11)14-10;1-9-3-2-4(6)5(7)8/h1-8H;4H,2-3,6H2,1H3,(H,7,8). The van der Waals surface area contributed by atoms with Crippen molar-refractivity contribution in [3.8, 4) is 0 Å². The van der Waals surface area contributed by atoms with Crippen molar-refractivity contribution in [3.63, 3.8) is 0 Å². The molecule has 0 saturated heterocycles. The molecule has 6 heteroatoms. The van der Waals surface area contributed by atoms with Gasteiger partial charge in [0.25, 0.3) is 0 Å². The molecule has 1 heterocycles. The number of thioether (sulfide) groups is 1. The maximum atomic E-state index is 10.1. The van der Waals surface area contributed by atoms with Crippen molar-refractivity contribution in [3.05, 3.63) is 48.5 Å². The van der Waals surface area contributed by atoms with E-state index in [2.05, 4.69) is 9.97 Å². The molecule has 5 nitrogen and oxygen atoms in total. The van der Waals surface area contributed by atoms with E-state index in [9.17, 15) is 4.79 Å². The van der Waals surface area contributed by atoms with E-state index in [1.54, 1.807) is 11.8 Å². The topological polar surface area (TPSA) is 89.1 Å². The van der Waals surface area contributed by atoms with Gasteiger partial charge in [-0.05, 0) is 42.7 Å². The van der Waals surface area contributed by atoms with Crippen molar-refractivity contribution in [1.82, 2.24) is 9.97 Å². The van der Waals surface area contributed by atoms with Crippen molar-refractivity contribution in [2.24, 2.45) is 5.73 Å². The number of nitrogens with two attached hydrogens (primary N) is 1. The van der Waals surface area contributed by atoms with Crippen LogP contribution in [-0.4, -0.2) is 39.1 Å². The molecule has 1 aromatic heterocycles. The molecule has 120 valence electrons. The number of hydrogen-bond donors (Lipinski definition) is 2. The zero-order valence-electron chi connectivity index (χ0n) is 12.8. The monoisotopic (exact) mass is 329 g/mol. The summed E-state index contributed by atoms with van der Waals surface area (Å²) in [5.41, 5.74) is 8.99. The number of fused-ring (bicyclic) bond motifs is 2. The van der Waals surface area contributed by atoms with Crippen LogP contribution in [0.1, 0.15) is 6.42 Å². The number of aromatic nitrogens is 2. The number of nitrogens with zero attached hydrogens (tertiary/aromatic N) is 2. The molecular formula is C17H19N3O2S. The van der Waals surface area contributed by atoms with Crippen LogP contribution in [0.4, 0.5) is 0 Å². The average Bonchev–Trinajstić information content (AvgIpc) is 2.58. The summed E-state index contributed by atoms with van der Waals surface area (Å²) in [6.45, 7) is 0. The third kappa shape index (κ3) is 4.91. The summed E-state index contributed by atoms with van der Waals surface area (Å²) < 4.78 is 0. The van der Waals surface area contributed by atoms with E-state index in [0.29, 0.717) is 6.42 Å². The Balaban J connectivity index is 0.000000188. The van der Waals surface area contributed by atoms with Gasteiger partial charge in [-0.15, -0.1) is 0 Å². The van der Waals surface area contributed by atoms with Crippen molar-refractivity contribution >= 4 is 39.8 Å². The molecule has 1 unspecified atom stereocenters. The van der Waals surface area contributed by atoms with E-state index in [0.717, 1.165) is 27.8 Å². The lowest BCUT2D eigenvalue weighted by molar-refractivity contribution is -0.138. The van der Waals surface area contributed by atoms with Gasteiger partial charge < -0.3 is 10.8 Å². The Hall–Kier alpha value is -2.18. The molecule has 0 amide bonds. The zero-order chi connectivity index (χ0) is 16.7. The molecule has 0 spiro atoms. The lowest BCUT2D eigenvalue weighted by Gasteiger charge is -2.02. The Labute approximate surface area is 138 Å². The normalized spacial score (nSPS) is 11.7. The first kappa shape index (κ1) is 17.2. The highest BCUT2D eigenvalue weighted by Crippen LogP contribution is 2.14. The Bertz CT molecular complexity index is 690. The zero-order valence-corrected chi connectivity index (χ0v) is 13.7. The largest absolute Gasteiger partial charge is 0.480 e. The number of rotatable bonds is 4. The molecule has 3 N–H and O–H groups in total. The number of para-hydroxylation sites is 4. The summed E-state index contributed by atoms with van der Waals surface area (Å²) in [4.78, 5) is 19.1. The van der Waals surface area contributed by atoms with Gasteiger partial charge in [0.15, 0.2) is 0 Å². The van der Waals surface area contributed by atoms with Crippen molar-refractivity contribution < 1.29 is 9.90 Å². The first-order valence-electron chi connectivity index (χ1n) is 7.20. The highest BCUT2D eigenvalue weighted by molar-refractivity contribution is 7.98. The molecule has 0 bridgehead atoms. The number of benzene rings is 2. The summed E-state index contributed by atoms with van der Waals surface area (Å²) in [6.07, 6.45) is 2.48. The van der Waals surface area contributed by atoms with Gasteiger partial charge in [0, 0.05) is 0 Å². The number of carbonyl (C=O) groups is 1. The van der Waals surface area contributed by atoms with Gasteiger partial charge in [0.1, 0.15) is 6.04 Å². The second-order valence-electron chi connectivity index (χ2n) is 4.93. The van der Waals surface area contributed by atoms with Crippen LogP contribution < -0.4 is 5.73 Å². The van der Waals surface area contributed by atoms with Gasteiger partial charge in [-0.3, -0.25) is 4.79 Å². The molecule has 23 heavy (non-hydrogen) atoms. The molecule has 0 aliphatic heterocycles. The number of hydrogen-bond acceptors (Lipinski definition) is 5. The third-order valence-electron chi connectivity index (χ3n) is 3.20. The van der Waals surface area contributed by atoms with E-state index in [-0.39, 0.29) is 0 Å². The van der Waals surface area contributed by atoms with Gasteiger partial charge in [-0.2, -0.15) is 11.8 Å². The van der Waals surface area contributed by atoms with Crippen LogP contribution in [0, 0.1) is 0 Å².